The smallest absolute Gasteiger partial charge is 0.246 e. The molecule has 1 aliphatic heterocycles. The SMILES string of the molecule is COc1cccc2cc(C=CC(=O)N3CCC(C(=O)c4ccccc4)CC3)oc12. The standard InChI is InChI=1S/C24H23NO4/c1-28-21-9-5-8-19-16-20(29-24(19)21)10-11-22(26)25-14-12-18(13-15-25)23(27)17-6-3-2-4-7-17/h2-11,16,18H,12-15H2,1H3. The van der Waals surface area contributed by atoms with Crippen LogP contribution in [0, 0.1) is 5.92 Å². The summed E-state index contributed by atoms with van der Waals surface area (Å²) in [6, 6.07) is 16.9. The Balaban J connectivity index is 1.37. The number of amides is 1. The Morgan fingerprint density at radius 3 is 2.55 bits per heavy atom. The highest BCUT2D eigenvalue weighted by atomic mass is 16.5. The lowest BCUT2D eigenvalue weighted by Gasteiger charge is -2.30. The molecule has 0 saturated carbocycles. The number of carbonyl (C=O) groups is 2. The number of nitrogens with zero attached hydrogens (tertiary/aromatic N) is 1. The van der Waals surface area contributed by atoms with Crippen LogP contribution in [-0.2, 0) is 4.79 Å². The first-order valence-corrected chi connectivity index (χ1v) is 9.78. The monoisotopic (exact) mass is 389 g/mol. The number of likely N-dealkylation sites (tertiary alicyclic amines) is 1. The van der Waals surface area contributed by atoms with Crippen LogP contribution in [0.15, 0.2) is 65.1 Å². The molecule has 1 aromatic heterocycles. The minimum Gasteiger partial charge on any atom is -0.493 e. The highest BCUT2D eigenvalue weighted by Gasteiger charge is 2.27. The van der Waals surface area contributed by atoms with Gasteiger partial charge in [0, 0.05) is 36.0 Å². The van der Waals surface area contributed by atoms with Gasteiger partial charge in [-0.15, -0.1) is 0 Å². The number of piperidine rings is 1. The number of rotatable bonds is 5. The fraction of sp³-hybridized carbons (Fsp3) is 0.250. The van der Waals surface area contributed by atoms with Crippen LogP contribution in [0.2, 0.25) is 0 Å². The van der Waals surface area contributed by atoms with Crippen molar-refractivity contribution in [1.29, 1.82) is 0 Å². The van der Waals surface area contributed by atoms with Crippen LogP contribution in [0.5, 0.6) is 5.75 Å². The van der Waals surface area contributed by atoms with Gasteiger partial charge in [-0.1, -0.05) is 42.5 Å². The minimum atomic E-state index is -0.0666. The topological polar surface area (TPSA) is 59.8 Å². The third kappa shape index (κ3) is 4.09. The molecule has 148 valence electrons. The molecular weight excluding hydrogens is 366 g/mol. The Morgan fingerprint density at radius 2 is 1.83 bits per heavy atom. The molecule has 0 radical (unpaired) electrons. The average molecular weight is 389 g/mol. The number of hydrogen-bond donors (Lipinski definition) is 0. The normalized spacial score (nSPS) is 15.1. The number of Topliss-reactive ketones (excluding diaryl/α,β-unsaturated/α-hetero) is 1. The number of methoxy groups -OCH3 is 1. The zero-order valence-electron chi connectivity index (χ0n) is 16.3. The Kier molecular flexibility index (Phi) is 5.47. The quantitative estimate of drug-likeness (QED) is 0.474. The second kappa shape index (κ2) is 8.35. The van der Waals surface area contributed by atoms with E-state index in [0.29, 0.717) is 43.0 Å². The van der Waals surface area contributed by atoms with Gasteiger partial charge >= 0.3 is 0 Å². The summed E-state index contributed by atoms with van der Waals surface area (Å²) in [4.78, 5) is 26.9. The van der Waals surface area contributed by atoms with Crippen molar-refractivity contribution in [3.8, 4) is 5.75 Å². The molecular formula is C24H23NO4. The van der Waals surface area contributed by atoms with Crippen LogP contribution in [0.3, 0.4) is 0 Å². The fourth-order valence-electron chi connectivity index (χ4n) is 3.76. The molecule has 29 heavy (non-hydrogen) atoms. The van der Waals surface area contributed by atoms with Crippen LogP contribution >= 0.6 is 0 Å². The van der Waals surface area contributed by atoms with Crippen molar-refractivity contribution >= 4 is 28.7 Å². The summed E-state index contributed by atoms with van der Waals surface area (Å²) in [5.74, 6) is 1.35. The highest BCUT2D eigenvalue weighted by Crippen LogP contribution is 2.29. The van der Waals surface area contributed by atoms with Gasteiger partial charge in [0.2, 0.25) is 5.91 Å². The van der Waals surface area contributed by atoms with Crippen LogP contribution < -0.4 is 4.74 Å². The molecule has 4 rings (SSSR count). The molecule has 5 nitrogen and oxygen atoms in total. The summed E-state index contributed by atoms with van der Waals surface area (Å²) in [5.41, 5.74) is 1.42. The number of carbonyl (C=O) groups excluding carboxylic acids is 2. The molecule has 5 heteroatoms. The summed E-state index contributed by atoms with van der Waals surface area (Å²) < 4.78 is 11.1. The summed E-state index contributed by atoms with van der Waals surface area (Å²) in [6.07, 6.45) is 4.59. The first-order chi connectivity index (χ1) is 14.2. The second-order valence-electron chi connectivity index (χ2n) is 7.19. The predicted molar refractivity (Wildman–Crippen MR) is 112 cm³/mol. The molecule has 2 aromatic carbocycles. The van der Waals surface area contributed by atoms with Crippen LogP contribution in [0.1, 0.15) is 29.0 Å². The average Bonchev–Trinajstić information content (AvgIpc) is 3.21. The maximum Gasteiger partial charge on any atom is 0.246 e. The molecule has 2 heterocycles. The van der Waals surface area contributed by atoms with Gasteiger partial charge in [-0.3, -0.25) is 9.59 Å². The van der Waals surface area contributed by atoms with Crippen molar-refractivity contribution in [2.75, 3.05) is 20.2 Å². The van der Waals surface area contributed by atoms with Crippen molar-refractivity contribution in [3.63, 3.8) is 0 Å². The van der Waals surface area contributed by atoms with Gasteiger partial charge in [0.1, 0.15) is 5.76 Å². The van der Waals surface area contributed by atoms with Gasteiger partial charge in [-0.25, -0.2) is 0 Å². The number of hydrogen-bond acceptors (Lipinski definition) is 4. The van der Waals surface area contributed by atoms with E-state index >= 15 is 0 Å². The number of para-hydroxylation sites is 1. The Bertz CT molecular complexity index is 1040. The van der Waals surface area contributed by atoms with Crippen LogP contribution in [-0.4, -0.2) is 36.8 Å². The fourth-order valence-corrected chi connectivity index (χ4v) is 3.76. The van der Waals surface area contributed by atoms with E-state index in [-0.39, 0.29) is 17.6 Å². The maximum atomic E-state index is 12.6. The van der Waals surface area contributed by atoms with Gasteiger partial charge in [-0.05, 0) is 31.1 Å². The van der Waals surface area contributed by atoms with E-state index in [9.17, 15) is 9.59 Å². The van der Waals surface area contributed by atoms with Crippen LogP contribution in [0.4, 0.5) is 0 Å². The Hall–Kier alpha value is -3.34. The third-order valence-corrected chi connectivity index (χ3v) is 5.37. The first-order valence-electron chi connectivity index (χ1n) is 9.78. The van der Waals surface area contributed by atoms with E-state index in [4.69, 9.17) is 9.15 Å². The largest absolute Gasteiger partial charge is 0.493 e. The molecule has 0 aliphatic carbocycles. The maximum absolute atomic E-state index is 12.6. The molecule has 3 aromatic rings. The first kappa shape index (κ1) is 19.0. The van der Waals surface area contributed by atoms with E-state index in [1.165, 1.54) is 6.08 Å². The number of ketones is 1. The van der Waals surface area contributed by atoms with E-state index < -0.39 is 0 Å². The van der Waals surface area contributed by atoms with E-state index in [1.54, 1.807) is 18.1 Å². The molecule has 1 aliphatic rings. The summed E-state index contributed by atoms with van der Waals surface area (Å²) in [5, 5.41) is 0.927. The van der Waals surface area contributed by atoms with Crippen molar-refractivity contribution in [2.24, 2.45) is 5.92 Å². The highest BCUT2D eigenvalue weighted by molar-refractivity contribution is 5.98. The zero-order chi connectivity index (χ0) is 20.2. The van der Waals surface area contributed by atoms with E-state index in [1.807, 2.05) is 54.6 Å². The van der Waals surface area contributed by atoms with Crippen molar-refractivity contribution < 1.29 is 18.7 Å². The van der Waals surface area contributed by atoms with Crippen molar-refractivity contribution in [1.82, 2.24) is 4.90 Å². The molecule has 1 saturated heterocycles. The number of benzene rings is 2. The predicted octanol–water partition coefficient (Wildman–Crippen LogP) is 4.58. The molecule has 0 N–H and O–H groups in total. The van der Waals surface area contributed by atoms with Crippen LogP contribution in [0.25, 0.3) is 17.0 Å². The third-order valence-electron chi connectivity index (χ3n) is 5.37. The molecule has 1 amide bonds. The van der Waals surface area contributed by atoms with E-state index in [0.717, 1.165) is 10.9 Å². The lowest BCUT2D eigenvalue weighted by molar-refractivity contribution is -0.127. The Morgan fingerprint density at radius 1 is 1.07 bits per heavy atom. The molecule has 1 fully saturated rings. The van der Waals surface area contributed by atoms with E-state index in [2.05, 4.69) is 0 Å². The second-order valence-corrected chi connectivity index (χ2v) is 7.19. The van der Waals surface area contributed by atoms with Crippen molar-refractivity contribution in [2.45, 2.75) is 12.8 Å². The zero-order valence-corrected chi connectivity index (χ0v) is 16.3. The van der Waals surface area contributed by atoms with Gasteiger partial charge in [-0.2, -0.15) is 0 Å². The lowest BCUT2D eigenvalue weighted by atomic mass is 9.89. The van der Waals surface area contributed by atoms with Gasteiger partial charge in [0.15, 0.2) is 17.1 Å². The Labute approximate surface area is 169 Å². The summed E-state index contributed by atoms with van der Waals surface area (Å²) >= 11 is 0. The van der Waals surface area contributed by atoms with Gasteiger partial charge in [0.25, 0.3) is 0 Å². The molecule has 0 bridgehead atoms. The van der Waals surface area contributed by atoms with Gasteiger partial charge in [0.05, 0.1) is 7.11 Å². The summed E-state index contributed by atoms with van der Waals surface area (Å²) in [7, 11) is 1.60. The summed E-state index contributed by atoms with van der Waals surface area (Å²) in [6.45, 7) is 1.17. The van der Waals surface area contributed by atoms with Crippen molar-refractivity contribution in [3.05, 3.63) is 72.0 Å². The molecule has 0 unspecified atom stereocenters. The number of ether oxygens (including phenoxy) is 1. The minimum absolute atomic E-state index is 0.0201. The number of fused-ring (bicyclic) bond motifs is 1. The lowest BCUT2D eigenvalue weighted by Crippen LogP contribution is -2.39. The molecule has 0 spiro atoms. The number of furan rings is 1. The molecule has 0 atom stereocenters. The van der Waals surface area contributed by atoms with Gasteiger partial charge < -0.3 is 14.1 Å².